The average Bonchev–Trinajstić information content (AvgIpc) is 2.58. The van der Waals surface area contributed by atoms with Crippen molar-refractivity contribution in [3.05, 3.63) is 41.2 Å². The van der Waals surface area contributed by atoms with Crippen LogP contribution in [0.25, 0.3) is 11.1 Å². The smallest absolute Gasteiger partial charge is 0.0684 e. The number of nitrogens with zero attached hydrogens (tertiary/aromatic N) is 2. The van der Waals surface area contributed by atoms with Gasteiger partial charge in [-0.05, 0) is 30.5 Å². The molecule has 0 aliphatic rings. The first-order chi connectivity index (χ1) is 7.63. The minimum atomic E-state index is 0.0823. The van der Waals surface area contributed by atoms with Gasteiger partial charge in [-0.1, -0.05) is 18.2 Å². The summed E-state index contributed by atoms with van der Waals surface area (Å²) in [6.07, 6.45) is 2.01. The lowest BCUT2D eigenvalue weighted by Gasteiger charge is -2.08. The Labute approximate surface area is 95.3 Å². The normalized spacial score (nSPS) is 10.8. The van der Waals surface area contributed by atoms with Crippen molar-refractivity contribution in [2.75, 3.05) is 0 Å². The van der Waals surface area contributed by atoms with E-state index in [-0.39, 0.29) is 6.61 Å². The highest BCUT2D eigenvalue weighted by atomic mass is 16.3. The lowest BCUT2D eigenvalue weighted by molar-refractivity contribution is 0.281. The van der Waals surface area contributed by atoms with E-state index in [2.05, 4.69) is 11.2 Å². The van der Waals surface area contributed by atoms with E-state index in [1.807, 2.05) is 43.9 Å². The Kier molecular flexibility index (Phi) is 2.79. The maximum Gasteiger partial charge on any atom is 0.0684 e. The van der Waals surface area contributed by atoms with E-state index < -0.39 is 0 Å². The molecule has 1 aromatic heterocycles. The van der Waals surface area contributed by atoms with Gasteiger partial charge in [-0.2, -0.15) is 5.10 Å². The van der Waals surface area contributed by atoms with Gasteiger partial charge in [-0.15, -0.1) is 0 Å². The lowest BCUT2D eigenvalue weighted by atomic mass is 9.97. The van der Waals surface area contributed by atoms with Gasteiger partial charge in [0, 0.05) is 18.8 Å². The standard InChI is InChI=1S/C13H16N2O/c1-9-11(8-16)5-4-6-12(9)13-7-15(3)14-10(13)2/h4-7,16H,8H2,1-3H3. The zero-order valence-electron chi connectivity index (χ0n) is 9.86. The van der Waals surface area contributed by atoms with Crippen LogP contribution in [0.1, 0.15) is 16.8 Å². The zero-order valence-corrected chi connectivity index (χ0v) is 9.86. The Balaban J connectivity index is 2.60. The predicted molar refractivity (Wildman–Crippen MR) is 64.0 cm³/mol. The number of hydrogen-bond donors (Lipinski definition) is 1. The molecule has 2 rings (SSSR count). The molecule has 0 aliphatic heterocycles. The van der Waals surface area contributed by atoms with E-state index in [1.165, 1.54) is 0 Å². The molecule has 0 radical (unpaired) electrons. The monoisotopic (exact) mass is 216 g/mol. The summed E-state index contributed by atoms with van der Waals surface area (Å²) in [6, 6.07) is 5.99. The molecule has 1 N–H and O–H groups in total. The number of rotatable bonds is 2. The van der Waals surface area contributed by atoms with Crippen molar-refractivity contribution in [2.45, 2.75) is 20.5 Å². The molecule has 3 heteroatoms. The van der Waals surface area contributed by atoms with Crippen LogP contribution in [-0.2, 0) is 13.7 Å². The van der Waals surface area contributed by atoms with Crippen LogP contribution in [0.2, 0.25) is 0 Å². The van der Waals surface area contributed by atoms with E-state index in [1.54, 1.807) is 0 Å². The van der Waals surface area contributed by atoms with Crippen molar-refractivity contribution in [1.82, 2.24) is 9.78 Å². The summed E-state index contributed by atoms with van der Waals surface area (Å²) in [7, 11) is 1.92. The van der Waals surface area contributed by atoms with Crippen LogP contribution in [0, 0.1) is 13.8 Å². The van der Waals surface area contributed by atoms with Gasteiger partial charge in [-0.25, -0.2) is 0 Å². The Hall–Kier alpha value is -1.61. The SMILES string of the molecule is Cc1nn(C)cc1-c1cccc(CO)c1C. The van der Waals surface area contributed by atoms with E-state index in [9.17, 15) is 5.11 Å². The molecule has 84 valence electrons. The highest BCUT2D eigenvalue weighted by Gasteiger charge is 2.10. The van der Waals surface area contributed by atoms with Gasteiger partial charge in [0.2, 0.25) is 0 Å². The van der Waals surface area contributed by atoms with E-state index >= 15 is 0 Å². The summed E-state index contributed by atoms with van der Waals surface area (Å²) in [5.74, 6) is 0. The van der Waals surface area contributed by atoms with Crippen LogP contribution >= 0.6 is 0 Å². The van der Waals surface area contributed by atoms with Crippen LogP contribution in [0.15, 0.2) is 24.4 Å². The van der Waals surface area contributed by atoms with Crippen LogP contribution in [0.3, 0.4) is 0 Å². The molecule has 0 saturated heterocycles. The fourth-order valence-electron chi connectivity index (χ4n) is 2.01. The second-order valence-corrected chi connectivity index (χ2v) is 4.05. The zero-order chi connectivity index (χ0) is 11.7. The van der Waals surface area contributed by atoms with Crippen LogP contribution < -0.4 is 0 Å². The molecular weight excluding hydrogens is 200 g/mol. The highest BCUT2D eigenvalue weighted by molar-refractivity contribution is 5.69. The van der Waals surface area contributed by atoms with Gasteiger partial charge >= 0.3 is 0 Å². The number of benzene rings is 1. The van der Waals surface area contributed by atoms with Gasteiger partial charge < -0.3 is 5.11 Å². The Morgan fingerprint density at radius 1 is 1.25 bits per heavy atom. The average molecular weight is 216 g/mol. The van der Waals surface area contributed by atoms with Crippen molar-refractivity contribution in [1.29, 1.82) is 0 Å². The van der Waals surface area contributed by atoms with Crippen molar-refractivity contribution in [3.8, 4) is 11.1 Å². The fraction of sp³-hybridized carbons (Fsp3) is 0.308. The van der Waals surface area contributed by atoms with Crippen molar-refractivity contribution < 1.29 is 5.11 Å². The largest absolute Gasteiger partial charge is 0.392 e. The topological polar surface area (TPSA) is 38.0 Å². The summed E-state index contributed by atoms with van der Waals surface area (Å²) in [5.41, 5.74) is 5.40. The molecule has 1 heterocycles. The predicted octanol–water partition coefficient (Wildman–Crippen LogP) is 2.20. The first-order valence-electron chi connectivity index (χ1n) is 5.33. The summed E-state index contributed by atoms with van der Waals surface area (Å²) >= 11 is 0. The summed E-state index contributed by atoms with van der Waals surface area (Å²) in [4.78, 5) is 0. The lowest BCUT2D eigenvalue weighted by Crippen LogP contribution is -1.92. The third-order valence-corrected chi connectivity index (χ3v) is 2.92. The van der Waals surface area contributed by atoms with Gasteiger partial charge in [0.1, 0.15) is 0 Å². The van der Waals surface area contributed by atoms with E-state index in [0.29, 0.717) is 0 Å². The first kappa shape index (κ1) is 10.9. The molecule has 1 aromatic carbocycles. The van der Waals surface area contributed by atoms with Crippen LogP contribution in [0.4, 0.5) is 0 Å². The van der Waals surface area contributed by atoms with Crippen LogP contribution in [0.5, 0.6) is 0 Å². The minimum absolute atomic E-state index is 0.0823. The van der Waals surface area contributed by atoms with Gasteiger partial charge in [0.15, 0.2) is 0 Å². The van der Waals surface area contributed by atoms with Crippen molar-refractivity contribution in [3.63, 3.8) is 0 Å². The molecule has 0 atom stereocenters. The van der Waals surface area contributed by atoms with Gasteiger partial charge in [0.25, 0.3) is 0 Å². The molecular formula is C13H16N2O. The maximum absolute atomic E-state index is 9.24. The molecule has 0 aliphatic carbocycles. The Bertz CT molecular complexity index is 515. The second kappa shape index (κ2) is 4.10. The molecule has 0 saturated carbocycles. The van der Waals surface area contributed by atoms with E-state index in [4.69, 9.17) is 0 Å². The third kappa shape index (κ3) is 1.74. The summed E-state index contributed by atoms with van der Waals surface area (Å²) < 4.78 is 1.82. The van der Waals surface area contributed by atoms with Crippen LogP contribution in [-0.4, -0.2) is 14.9 Å². The quantitative estimate of drug-likeness (QED) is 0.835. The molecule has 2 aromatic rings. The first-order valence-corrected chi connectivity index (χ1v) is 5.33. The molecule has 0 spiro atoms. The van der Waals surface area contributed by atoms with Gasteiger partial charge in [-0.3, -0.25) is 4.68 Å². The maximum atomic E-state index is 9.24. The number of aliphatic hydroxyl groups excluding tert-OH is 1. The van der Waals surface area contributed by atoms with Crippen molar-refractivity contribution in [2.24, 2.45) is 7.05 Å². The summed E-state index contributed by atoms with van der Waals surface area (Å²) in [5, 5.41) is 13.6. The third-order valence-electron chi connectivity index (χ3n) is 2.92. The van der Waals surface area contributed by atoms with Gasteiger partial charge in [0.05, 0.1) is 12.3 Å². The molecule has 0 fully saturated rings. The minimum Gasteiger partial charge on any atom is -0.392 e. The Morgan fingerprint density at radius 2 is 2.00 bits per heavy atom. The number of aliphatic hydroxyl groups is 1. The second-order valence-electron chi connectivity index (χ2n) is 4.05. The number of aryl methyl sites for hydroxylation is 2. The molecule has 16 heavy (non-hydrogen) atoms. The molecule has 0 bridgehead atoms. The summed E-state index contributed by atoms with van der Waals surface area (Å²) in [6.45, 7) is 4.12. The molecule has 3 nitrogen and oxygen atoms in total. The fourth-order valence-corrected chi connectivity index (χ4v) is 2.01. The Morgan fingerprint density at radius 3 is 2.56 bits per heavy atom. The molecule has 0 unspecified atom stereocenters. The molecule has 0 amide bonds. The number of aromatic nitrogens is 2. The van der Waals surface area contributed by atoms with Crippen molar-refractivity contribution >= 4 is 0 Å². The van der Waals surface area contributed by atoms with E-state index in [0.717, 1.165) is 27.9 Å². The highest BCUT2D eigenvalue weighted by Crippen LogP contribution is 2.27. The number of hydrogen-bond acceptors (Lipinski definition) is 2.